The van der Waals surface area contributed by atoms with Crippen molar-refractivity contribution < 1.29 is 0 Å². The third-order valence-electron chi connectivity index (χ3n) is 2.44. The lowest BCUT2D eigenvalue weighted by molar-refractivity contribution is 0.874. The van der Waals surface area contributed by atoms with E-state index in [2.05, 4.69) is 15.0 Å². The van der Waals surface area contributed by atoms with Crippen LogP contribution in [0.1, 0.15) is 17.3 Å². The van der Waals surface area contributed by atoms with Crippen molar-refractivity contribution in [2.75, 3.05) is 5.73 Å². The van der Waals surface area contributed by atoms with E-state index in [1.54, 1.807) is 24.3 Å². The summed E-state index contributed by atoms with van der Waals surface area (Å²) in [6.45, 7) is 7.31. The maximum absolute atomic E-state index is 7.31. The van der Waals surface area contributed by atoms with Crippen LogP contribution in [0.25, 0.3) is 4.85 Å². The van der Waals surface area contributed by atoms with Crippen molar-refractivity contribution in [3.63, 3.8) is 0 Å². The number of hydrogen-bond donors (Lipinski definition) is 1. The standard InChI is InChI=1S/C12H7Cl3N4/c1-17-12(9-2-3-10(15)19-18-9)11-7(13)4-6(16)5-8(11)14/h2-5,12H,16H2. The maximum Gasteiger partial charge on any atom is 0.295 e. The van der Waals surface area contributed by atoms with Crippen LogP contribution in [0.2, 0.25) is 15.2 Å². The molecule has 2 rings (SSSR count). The van der Waals surface area contributed by atoms with Gasteiger partial charge in [0.05, 0.1) is 15.6 Å². The molecule has 7 heteroatoms. The first-order valence-corrected chi connectivity index (χ1v) is 6.26. The van der Waals surface area contributed by atoms with Crippen LogP contribution in [0.3, 0.4) is 0 Å². The minimum atomic E-state index is -0.745. The van der Waals surface area contributed by atoms with E-state index in [0.717, 1.165) is 0 Å². The molecule has 0 saturated carbocycles. The van der Waals surface area contributed by atoms with Gasteiger partial charge in [-0.1, -0.05) is 34.8 Å². The van der Waals surface area contributed by atoms with Gasteiger partial charge in [-0.25, -0.2) is 6.57 Å². The molecule has 1 unspecified atom stereocenters. The zero-order valence-corrected chi connectivity index (χ0v) is 11.7. The molecule has 19 heavy (non-hydrogen) atoms. The number of nitrogen functional groups attached to an aromatic ring is 1. The van der Waals surface area contributed by atoms with E-state index in [4.69, 9.17) is 47.1 Å². The van der Waals surface area contributed by atoms with Gasteiger partial charge < -0.3 is 10.6 Å². The van der Waals surface area contributed by atoms with Crippen molar-refractivity contribution in [1.29, 1.82) is 0 Å². The normalized spacial score (nSPS) is 11.9. The van der Waals surface area contributed by atoms with Gasteiger partial charge in [0.15, 0.2) is 5.15 Å². The van der Waals surface area contributed by atoms with Crippen molar-refractivity contribution >= 4 is 40.5 Å². The van der Waals surface area contributed by atoms with Crippen LogP contribution in [-0.4, -0.2) is 10.2 Å². The average Bonchev–Trinajstić information content (AvgIpc) is 2.35. The highest BCUT2D eigenvalue weighted by Crippen LogP contribution is 2.37. The second kappa shape index (κ2) is 5.62. The molecule has 1 atom stereocenters. The highest BCUT2D eigenvalue weighted by Gasteiger charge is 2.27. The minimum absolute atomic E-state index is 0.252. The summed E-state index contributed by atoms with van der Waals surface area (Å²) in [7, 11) is 0. The molecule has 0 radical (unpaired) electrons. The van der Waals surface area contributed by atoms with Crippen LogP contribution in [0.4, 0.5) is 5.69 Å². The van der Waals surface area contributed by atoms with Crippen molar-refractivity contribution in [3.8, 4) is 0 Å². The van der Waals surface area contributed by atoms with Crippen molar-refractivity contribution in [2.24, 2.45) is 0 Å². The quantitative estimate of drug-likeness (QED) is 0.673. The van der Waals surface area contributed by atoms with Gasteiger partial charge in [-0.3, -0.25) is 0 Å². The second-order valence-corrected chi connectivity index (χ2v) is 4.91. The van der Waals surface area contributed by atoms with Crippen molar-refractivity contribution in [1.82, 2.24) is 10.2 Å². The zero-order chi connectivity index (χ0) is 14.0. The zero-order valence-electron chi connectivity index (χ0n) is 9.44. The highest BCUT2D eigenvalue weighted by molar-refractivity contribution is 6.36. The molecule has 0 aliphatic rings. The summed E-state index contributed by atoms with van der Waals surface area (Å²) < 4.78 is 0. The third-order valence-corrected chi connectivity index (χ3v) is 3.26. The van der Waals surface area contributed by atoms with Gasteiger partial charge in [0.25, 0.3) is 6.04 Å². The Hall–Kier alpha value is -1.54. The van der Waals surface area contributed by atoms with Crippen LogP contribution in [0.5, 0.6) is 0 Å². The summed E-state index contributed by atoms with van der Waals surface area (Å²) in [5, 5.41) is 8.49. The molecule has 0 saturated heterocycles. The van der Waals surface area contributed by atoms with Crippen LogP contribution >= 0.6 is 34.8 Å². The Morgan fingerprint density at radius 2 is 1.74 bits per heavy atom. The Morgan fingerprint density at radius 3 is 2.21 bits per heavy atom. The Kier molecular flexibility index (Phi) is 4.11. The Balaban J connectivity index is 2.55. The predicted molar refractivity (Wildman–Crippen MR) is 76.4 cm³/mol. The first-order valence-electron chi connectivity index (χ1n) is 5.13. The van der Waals surface area contributed by atoms with E-state index in [-0.39, 0.29) is 5.15 Å². The number of aromatic nitrogens is 2. The van der Waals surface area contributed by atoms with E-state index in [9.17, 15) is 0 Å². The topological polar surface area (TPSA) is 56.2 Å². The van der Waals surface area contributed by atoms with E-state index < -0.39 is 6.04 Å². The van der Waals surface area contributed by atoms with Gasteiger partial charge in [0.2, 0.25) is 0 Å². The lowest BCUT2D eigenvalue weighted by Gasteiger charge is -2.10. The third kappa shape index (κ3) is 2.90. The number of hydrogen-bond acceptors (Lipinski definition) is 3. The summed E-state index contributed by atoms with van der Waals surface area (Å²) in [6.07, 6.45) is 0. The molecule has 1 aromatic carbocycles. The maximum atomic E-state index is 7.31. The molecule has 0 amide bonds. The van der Waals surface area contributed by atoms with Gasteiger partial charge in [0, 0.05) is 5.69 Å². The van der Waals surface area contributed by atoms with E-state index in [0.29, 0.717) is 27.0 Å². The first kappa shape index (κ1) is 13.9. The molecular weight excluding hydrogens is 307 g/mol. The Labute approximate surface area is 124 Å². The number of rotatable bonds is 2. The molecule has 0 aliphatic carbocycles. The lowest BCUT2D eigenvalue weighted by Crippen LogP contribution is -2.03. The molecule has 0 bridgehead atoms. The molecule has 4 nitrogen and oxygen atoms in total. The molecule has 96 valence electrons. The molecule has 1 aromatic heterocycles. The van der Waals surface area contributed by atoms with Gasteiger partial charge in [0.1, 0.15) is 5.69 Å². The van der Waals surface area contributed by atoms with Crippen LogP contribution in [0, 0.1) is 6.57 Å². The summed E-state index contributed by atoms with van der Waals surface area (Å²) in [4.78, 5) is 3.50. The van der Waals surface area contributed by atoms with Crippen LogP contribution in [-0.2, 0) is 0 Å². The second-order valence-electron chi connectivity index (χ2n) is 3.71. The number of anilines is 1. The highest BCUT2D eigenvalue weighted by atomic mass is 35.5. The average molecular weight is 314 g/mol. The number of nitrogens with two attached hydrogens (primary N) is 1. The fraction of sp³-hybridized carbons (Fsp3) is 0.0833. The molecule has 1 heterocycles. The Bertz CT molecular complexity index is 626. The number of nitrogens with zero attached hydrogens (tertiary/aromatic N) is 3. The molecule has 0 spiro atoms. The monoisotopic (exact) mass is 312 g/mol. The summed E-state index contributed by atoms with van der Waals surface area (Å²) in [5.41, 5.74) is 6.96. The van der Waals surface area contributed by atoms with Gasteiger partial charge >= 0.3 is 0 Å². The first-order chi connectivity index (χ1) is 9.02. The number of halogens is 3. The molecule has 0 aliphatic heterocycles. The van der Waals surface area contributed by atoms with Crippen molar-refractivity contribution in [3.05, 3.63) is 62.1 Å². The summed E-state index contributed by atoms with van der Waals surface area (Å²) in [6, 6.07) is 5.52. The Morgan fingerprint density at radius 1 is 1.11 bits per heavy atom. The SMILES string of the molecule is [C-]#[N+]C(c1ccc(Cl)nn1)c1c(Cl)cc(N)cc1Cl. The van der Waals surface area contributed by atoms with E-state index in [1.807, 2.05) is 0 Å². The largest absolute Gasteiger partial charge is 0.399 e. The van der Waals surface area contributed by atoms with Crippen molar-refractivity contribution in [2.45, 2.75) is 6.04 Å². The smallest absolute Gasteiger partial charge is 0.295 e. The van der Waals surface area contributed by atoms with Gasteiger partial charge in [-0.15, -0.1) is 10.2 Å². The predicted octanol–water partition coefficient (Wildman–Crippen LogP) is 4.03. The lowest BCUT2D eigenvalue weighted by atomic mass is 10.0. The van der Waals surface area contributed by atoms with Gasteiger partial charge in [-0.2, -0.15) is 0 Å². The summed E-state index contributed by atoms with van der Waals surface area (Å²) in [5.74, 6) is 0. The molecule has 2 N–H and O–H groups in total. The van der Waals surface area contributed by atoms with Crippen LogP contribution in [0.15, 0.2) is 24.3 Å². The van der Waals surface area contributed by atoms with E-state index in [1.165, 1.54) is 0 Å². The molecular formula is C12H7Cl3N4. The van der Waals surface area contributed by atoms with Gasteiger partial charge in [-0.05, 0) is 24.3 Å². The molecule has 2 aromatic rings. The van der Waals surface area contributed by atoms with Crippen LogP contribution < -0.4 is 5.73 Å². The summed E-state index contributed by atoms with van der Waals surface area (Å²) >= 11 is 17.9. The fourth-order valence-corrected chi connectivity index (χ4v) is 2.43. The fourth-order valence-electron chi connectivity index (χ4n) is 1.62. The van der Waals surface area contributed by atoms with E-state index >= 15 is 0 Å². The minimum Gasteiger partial charge on any atom is -0.399 e. The molecule has 0 fully saturated rings. The number of benzene rings is 1.